The van der Waals surface area contributed by atoms with E-state index in [0.717, 1.165) is 13.0 Å². The van der Waals surface area contributed by atoms with Crippen LogP contribution in [0.1, 0.15) is 5.56 Å². The van der Waals surface area contributed by atoms with Crippen LogP contribution in [0.5, 0.6) is 0 Å². The summed E-state index contributed by atoms with van der Waals surface area (Å²) in [5.41, 5.74) is 1.23. The van der Waals surface area contributed by atoms with Crippen molar-refractivity contribution in [1.29, 1.82) is 0 Å². The number of rotatable bonds is 8. The Labute approximate surface area is 115 Å². The van der Waals surface area contributed by atoms with E-state index in [9.17, 15) is 4.79 Å². The number of benzene rings is 1. The predicted octanol–water partition coefficient (Wildman–Crippen LogP) is 1.00. The Morgan fingerprint density at radius 1 is 1.22 bits per heavy atom. The Bertz CT molecular complexity index is 320. The minimum Gasteiger partial charge on any atom is -0.371 e. The summed E-state index contributed by atoms with van der Waals surface area (Å²) in [6, 6.07) is 10.1. The van der Waals surface area contributed by atoms with Gasteiger partial charge in [-0.3, -0.25) is 4.79 Å². The van der Waals surface area contributed by atoms with Crippen molar-refractivity contribution in [3.8, 4) is 0 Å². The van der Waals surface area contributed by atoms with E-state index in [1.165, 1.54) is 5.56 Å². The topological polar surface area (TPSA) is 50.4 Å². The Kier molecular flexibility index (Phi) is 10.3. The lowest BCUT2D eigenvalue weighted by atomic mass is 10.2. The van der Waals surface area contributed by atoms with Gasteiger partial charge in [0.1, 0.15) is 6.61 Å². The first-order valence-electron chi connectivity index (χ1n) is 5.86. The highest BCUT2D eigenvalue weighted by molar-refractivity contribution is 5.85. The van der Waals surface area contributed by atoms with Gasteiger partial charge in [0.05, 0.1) is 6.61 Å². The number of amides is 1. The van der Waals surface area contributed by atoms with Gasteiger partial charge in [0.2, 0.25) is 5.91 Å². The molecule has 5 heteroatoms. The lowest BCUT2D eigenvalue weighted by Gasteiger charge is -2.06. The largest absolute Gasteiger partial charge is 0.371 e. The van der Waals surface area contributed by atoms with Gasteiger partial charge in [-0.05, 0) is 19.0 Å². The van der Waals surface area contributed by atoms with Crippen molar-refractivity contribution < 1.29 is 9.53 Å². The number of hydrogen-bond acceptors (Lipinski definition) is 3. The van der Waals surface area contributed by atoms with Gasteiger partial charge in [0.25, 0.3) is 0 Å². The molecule has 0 unspecified atom stereocenters. The van der Waals surface area contributed by atoms with Crippen molar-refractivity contribution in [3.05, 3.63) is 35.9 Å². The third kappa shape index (κ3) is 8.06. The molecule has 0 atom stereocenters. The molecule has 1 amide bonds. The van der Waals surface area contributed by atoms with Crippen LogP contribution in [0, 0.1) is 0 Å². The SMILES string of the molecule is CNCCNC(=O)COCCc1ccccc1.Cl. The molecule has 0 saturated heterocycles. The molecule has 0 aliphatic rings. The van der Waals surface area contributed by atoms with E-state index in [1.807, 2.05) is 25.2 Å². The number of halogens is 1. The van der Waals surface area contributed by atoms with Crippen LogP contribution in [0.4, 0.5) is 0 Å². The molecule has 1 rings (SSSR count). The third-order valence-corrected chi connectivity index (χ3v) is 2.31. The number of carbonyl (C=O) groups excluding carboxylic acids is 1. The third-order valence-electron chi connectivity index (χ3n) is 2.31. The van der Waals surface area contributed by atoms with Crippen LogP contribution in [-0.4, -0.2) is 39.3 Å². The number of ether oxygens (including phenoxy) is 1. The van der Waals surface area contributed by atoms with Gasteiger partial charge in [-0.15, -0.1) is 12.4 Å². The average molecular weight is 273 g/mol. The number of likely N-dealkylation sites (N-methyl/N-ethyl adjacent to an activating group) is 1. The fourth-order valence-corrected chi connectivity index (χ4v) is 1.38. The van der Waals surface area contributed by atoms with E-state index in [0.29, 0.717) is 13.2 Å². The second-order valence-electron chi connectivity index (χ2n) is 3.74. The van der Waals surface area contributed by atoms with Gasteiger partial charge in [-0.1, -0.05) is 30.3 Å². The van der Waals surface area contributed by atoms with Crippen molar-refractivity contribution in [1.82, 2.24) is 10.6 Å². The fraction of sp³-hybridized carbons (Fsp3) is 0.462. The van der Waals surface area contributed by atoms with Gasteiger partial charge in [-0.2, -0.15) is 0 Å². The molecular weight excluding hydrogens is 252 g/mol. The Hall–Kier alpha value is -1.10. The molecule has 18 heavy (non-hydrogen) atoms. The highest BCUT2D eigenvalue weighted by Gasteiger charge is 1.99. The maximum atomic E-state index is 11.3. The summed E-state index contributed by atoms with van der Waals surface area (Å²) in [6.45, 7) is 2.12. The molecule has 102 valence electrons. The maximum absolute atomic E-state index is 11.3. The normalized spacial score (nSPS) is 9.61. The van der Waals surface area contributed by atoms with Crippen LogP contribution in [-0.2, 0) is 16.0 Å². The molecular formula is C13H21ClN2O2. The molecule has 0 bridgehead atoms. The minimum absolute atomic E-state index is 0. The zero-order valence-electron chi connectivity index (χ0n) is 10.6. The minimum atomic E-state index is -0.0617. The molecule has 0 spiro atoms. The Morgan fingerprint density at radius 2 is 1.94 bits per heavy atom. The van der Waals surface area contributed by atoms with Crippen molar-refractivity contribution in [3.63, 3.8) is 0 Å². The van der Waals surface area contributed by atoms with E-state index in [-0.39, 0.29) is 24.9 Å². The van der Waals surface area contributed by atoms with E-state index in [1.54, 1.807) is 0 Å². The first-order valence-corrected chi connectivity index (χ1v) is 5.86. The molecule has 0 fully saturated rings. The zero-order valence-corrected chi connectivity index (χ0v) is 11.5. The second-order valence-corrected chi connectivity index (χ2v) is 3.74. The summed E-state index contributed by atoms with van der Waals surface area (Å²) in [7, 11) is 1.85. The summed E-state index contributed by atoms with van der Waals surface area (Å²) in [4.78, 5) is 11.3. The lowest BCUT2D eigenvalue weighted by molar-refractivity contribution is -0.125. The number of carbonyl (C=O) groups is 1. The number of nitrogens with one attached hydrogen (secondary N) is 2. The van der Waals surface area contributed by atoms with Crippen LogP contribution in [0.15, 0.2) is 30.3 Å². The van der Waals surface area contributed by atoms with E-state index in [4.69, 9.17) is 4.74 Å². The first-order chi connectivity index (χ1) is 8.33. The molecule has 4 nitrogen and oxygen atoms in total. The molecule has 1 aromatic rings. The highest BCUT2D eigenvalue weighted by Crippen LogP contribution is 1.99. The van der Waals surface area contributed by atoms with Gasteiger partial charge in [0, 0.05) is 13.1 Å². The van der Waals surface area contributed by atoms with Crippen molar-refractivity contribution >= 4 is 18.3 Å². The van der Waals surface area contributed by atoms with Crippen LogP contribution in [0.3, 0.4) is 0 Å². The average Bonchev–Trinajstić information content (AvgIpc) is 2.36. The van der Waals surface area contributed by atoms with E-state index in [2.05, 4.69) is 22.8 Å². The molecule has 0 heterocycles. The molecule has 0 aliphatic heterocycles. The standard InChI is InChI=1S/C13H20N2O2.ClH/c1-14-8-9-15-13(16)11-17-10-7-12-5-3-2-4-6-12;/h2-6,14H,7-11H2,1H3,(H,15,16);1H. The van der Waals surface area contributed by atoms with Crippen LogP contribution < -0.4 is 10.6 Å². The number of hydrogen-bond donors (Lipinski definition) is 2. The summed E-state index contributed by atoms with van der Waals surface area (Å²) >= 11 is 0. The van der Waals surface area contributed by atoms with Gasteiger partial charge >= 0.3 is 0 Å². The fourth-order valence-electron chi connectivity index (χ4n) is 1.38. The van der Waals surface area contributed by atoms with E-state index >= 15 is 0 Å². The Balaban J connectivity index is 0.00000289. The molecule has 0 radical (unpaired) electrons. The molecule has 1 aromatic carbocycles. The summed E-state index contributed by atoms with van der Waals surface area (Å²) in [6.07, 6.45) is 0.838. The summed E-state index contributed by atoms with van der Waals surface area (Å²) in [5, 5.41) is 5.71. The van der Waals surface area contributed by atoms with Crippen LogP contribution in [0.25, 0.3) is 0 Å². The smallest absolute Gasteiger partial charge is 0.246 e. The maximum Gasteiger partial charge on any atom is 0.246 e. The quantitative estimate of drug-likeness (QED) is 0.695. The Morgan fingerprint density at radius 3 is 2.61 bits per heavy atom. The van der Waals surface area contributed by atoms with Gasteiger partial charge in [0.15, 0.2) is 0 Å². The predicted molar refractivity (Wildman–Crippen MR) is 75.1 cm³/mol. The lowest BCUT2D eigenvalue weighted by Crippen LogP contribution is -2.33. The van der Waals surface area contributed by atoms with Crippen molar-refractivity contribution in [2.45, 2.75) is 6.42 Å². The second kappa shape index (κ2) is 11.0. The first kappa shape index (κ1) is 16.9. The summed E-state index contributed by atoms with van der Waals surface area (Å²) in [5.74, 6) is -0.0617. The monoisotopic (exact) mass is 272 g/mol. The molecule has 0 saturated carbocycles. The zero-order chi connectivity index (χ0) is 12.3. The van der Waals surface area contributed by atoms with Gasteiger partial charge < -0.3 is 15.4 Å². The van der Waals surface area contributed by atoms with Crippen LogP contribution in [0.2, 0.25) is 0 Å². The highest BCUT2D eigenvalue weighted by atomic mass is 35.5. The molecule has 0 aliphatic carbocycles. The van der Waals surface area contributed by atoms with Gasteiger partial charge in [-0.25, -0.2) is 0 Å². The van der Waals surface area contributed by atoms with Crippen molar-refractivity contribution in [2.75, 3.05) is 33.4 Å². The van der Waals surface area contributed by atoms with Crippen molar-refractivity contribution in [2.24, 2.45) is 0 Å². The van der Waals surface area contributed by atoms with E-state index < -0.39 is 0 Å². The molecule has 0 aromatic heterocycles. The molecule has 2 N–H and O–H groups in total. The summed E-state index contributed by atoms with van der Waals surface area (Å²) < 4.78 is 5.30. The van der Waals surface area contributed by atoms with Crippen LogP contribution >= 0.6 is 12.4 Å².